The molecule has 4 heteroatoms. The Morgan fingerprint density at radius 3 is 2.58 bits per heavy atom. The first-order chi connectivity index (χ1) is 12.5. The van der Waals surface area contributed by atoms with E-state index in [1.807, 2.05) is 19.9 Å². The van der Waals surface area contributed by atoms with Crippen LogP contribution in [0.1, 0.15) is 34.0 Å². The fourth-order valence-corrected chi connectivity index (χ4v) is 5.00. The van der Waals surface area contributed by atoms with Crippen LogP contribution in [0.3, 0.4) is 0 Å². The highest BCUT2D eigenvalue weighted by atomic mass is 15.3. The molecule has 0 unspecified atom stereocenters. The van der Waals surface area contributed by atoms with Gasteiger partial charge in [-0.3, -0.25) is 4.90 Å². The lowest BCUT2D eigenvalue weighted by atomic mass is 9.88. The van der Waals surface area contributed by atoms with Crippen molar-refractivity contribution in [1.29, 1.82) is 5.26 Å². The molecule has 0 bridgehead atoms. The minimum atomic E-state index is 0.447. The fraction of sp³-hybridized carbons (Fsp3) is 0.455. The quantitative estimate of drug-likeness (QED) is 0.833. The van der Waals surface area contributed by atoms with E-state index in [-0.39, 0.29) is 0 Å². The Labute approximate surface area is 156 Å². The third-order valence-corrected chi connectivity index (χ3v) is 6.14. The van der Waals surface area contributed by atoms with Crippen LogP contribution < -0.4 is 4.90 Å². The van der Waals surface area contributed by atoms with E-state index >= 15 is 0 Å². The van der Waals surface area contributed by atoms with E-state index in [1.165, 1.54) is 11.1 Å². The molecule has 1 aromatic heterocycles. The molecular formula is C22H26N4. The average Bonchev–Trinajstić information content (AvgIpc) is 3.12. The molecule has 0 saturated carbocycles. The number of pyridine rings is 1. The third-order valence-electron chi connectivity index (χ3n) is 6.14. The molecule has 0 amide bonds. The third kappa shape index (κ3) is 2.68. The summed E-state index contributed by atoms with van der Waals surface area (Å²) < 4.78 is 0. The zero-order chi connectivity index (χ0) is 18.4. The number of benzene rings is 1. The Morgan fingerprint density at radius 1 is 1.08 bits per heavy atom. The van der Waals surface area contributed by atoms with Crippen molar-refractivity contribution < 1.29 is 0 Å². The van der Waals surface area contributed by atoms with Crippen LogP contribution in [0.25, 0.3) is 0 Å². The van der Waals surface area contributed by atoms with E-state index in [9.17, 15) is 5.26 Å². The summed E-state index contributed by atoms with van der Waals surface area (Å²) in [6.45, 7) is 9.30. The Morgan fingerprint density at radius 2 is 1.85 bits per heavy atom. The highest BCUT2D eigenvalue weighted by Gasteiger charge is 2.47. The highest BCUT2D eigenvalue weighted by Crippen LogP contribution is 2.46. The maximum Gasteiger partial charge on any atom is 0.147 e. The van der Waals surface area contributed by atoms with Crippen LogP contribution >= 0.6 is 0 Å². The van der Waals surface area contributed by atoms with Gasteiger partial charge in [-0.2, -0.15) is 5.26 Å². The summed E-state index contributed by atoms with van der Waals surface area (Å²) >= 11 is 0. The van der Waals surface area contributed by atoms with Gasteiger partial charge in [0.2, 0.25) is 0 Å². The molecule has 0 aliphatic carbocycles. The standard InChI is InChI=1S/C22H26N4/c1-14-7-5-6-8-18(14)21-20-13-26(12-17(20)11-25(21)4)22-19(10-23)15(2)9-16(3)24-22/h5-9,17,20-21H,11-13H2,1-4H3/t17-,20+,21-/m0/s1. The summed E-state index contributed by atoms with van der Waals surface area (Å²) in [6, 6.07) is 13.6. The van der Waals surface area contributed by atoms with Crippen molar-refractivity contribution in [3.63, 3.8) is 0 Å². The first-order valence-electron chi connectivity index (χ1n) is 9.38. The normalized spacial score (nSPS) is 25.3. The fourth-order valence-electron chi connectivity index (χ4n) is 5.00. The SMILES string of the molecule is Cc1cc(C)c(C#N)c(N2C[C@@H]3CN(C)[C@@H](c4ccccc4C)[C@@H]3C2)n1. The molecule has 2 fully saturated rings. The van der Waals surface area contributed by atoms with E-state index < -0.39 is 0 Å². The number of nitrogens with zero attached hydrogens (tertiary/aromatic N) is 4. The van der Waals surface area contributed by atoms with Crippen molar-refractivity contribution in [2.45, 2.75) is 26.8 Å². The van der Waals surface area contributed by atoms with Gasteiger partial charge in [-0.25, -0.2) is 4.98 Å². The summed E-state index contributed by atoms with van der Waals surface area (Å²) in [5, 5.41) is 9.64. The first kappa shape index (κ1) is 17.1. The topological polar surface area (TPSA) is 43.2 Å². The Hall–Kier alpha value is -2.38. The summed E-state index contributed by atoms with van der Waals surface area (Å²) in [5.41, 5.74) is 5.56. The average molecular weight is 346 g/mol. The molecule has 0 radical (unpaired) electrons. The summed E-state index contributed by atoms with van der Waals surface area (Å²) in [6.07, 6.45) is 0. The molecule has 2 aliphatic heterocycles. The van der Waals surface area contributed by atoms with Gasteiger partial charge in [0, 0.05) is 37.3 Å². The smallest absolute Gasteiger partial charge is 0.147 e. The molecule has 2 aromatic rings. The second kappa shape index (κ2) is 6.41. The molecule has 0 N–H and O–H groups in total. The summed E-state index contributed by atoms with van der Waals surface area (Å²) in [7, 11) is 2.25. The van der Waals surface area contributed by atoms with Crippen LogP contribution in [0.15, 0.2) is 30.3 Å². The van der Waals surface area contributed by atoms with Crippen LogP contribution in [-0.4, -0.2) is 36.6 Å². The number of aromatic nitrogens is 1. The lowest BCUT2D eigenvalue weighted by Gasteiger charge is -2.28. The van der Waals surface area contributed by atoms with Gasteiger partial charge < -0.3 is 4.90 Å². The van der Waals surface area contributed by atoms with Crippen molar-refractivity contribution in [1.82, 2.24) is 9.88 Å². The molecular weight excluding hydrogens is 320 g/mol. The van der Waals surface area contributed by atoms with Gasteiger partial charge >= 0.3 is 0 Å². The molecule has 2 saturated heterocycles. The predicted molar refractivity (Wildman–Crippen MR) is 104 cm³/mol. The summed E-state index contributed by atoms with van der Waals surface area (Å²) in [5.74, 6) is 2.08. The maximum absolute atomic E-state index is 9.64. The van der Waals surface area contributed by atoms with Crippen molar-refractivity contribution in [3.8, 4) is 6.07 Å². The molecule has 4 rings (SSSR count). The van der Waals surface area contributed by atoms with Crippen LogP contribution in [0.4, 0.5) is 5.82 Å². The number of aryl methyl sites for hydroxylation is 3. The van der Waals surface area contributed by atoms with Crippen LogP contribution in [-0.2, 0) is 0 Å². The largest absolute Gasteiger partial charge is 0.355 e. The number of anilines is 1. The van der Waals surface area contributed by atoms with E-state index in [4.69, 9.17) is 4.98 Å². The van der Waals surface area contributed by atoms with Crippen LogP contribution in [0.2, 0.25) is 0 Å². The molecule has 134 valence electrons. The monoisotopic (exact) mass is 346 g/mol. The minimum Gasteiger partial charge on any atom is -0.355 e. The van der Waals surface area contributed by atoms with Gasteiger partial charge in [-0.1, -0.05) is 24.3 Å². The molecule has 3 atom stereocenters. The lowest BCUT2D eigenvalue weighted by Crippen LogP contribution is -2.30. The van der Waals surface area contributed by atoms with Crippen molar-refractivity contribution >= 4 is 5.82 Å². The van der Waals surface area contributed by atoms with E-state index in [0.29, 0.717) is 17.9 Å². The molecule has 26 heavy (non-hydrogen) atoms. The molecule has 2 aliphatic rings. The highest BCUT2D eigenvalue weighted by molar-refractivity contribution is 5.59. The number of nitriles is 1. The van der Waals surface area contributed by atoms with Crippen LogP contribution in [0, 0.1) is 43.9 Å². The second-order valence-corrected chi connectivity index (χ2v) is 7.96. The van der Waals surface area contributed by atoms with Crippen molar-refractivity contribution in [3.05, 3.63) is 58.3 Å². The molecule has 1 aromatic carbocycles. The lowest BCUT2D eigenvalue weighted by molar-refractivity contribution is 0.279. The van der Waals surface area contributed by atoms with Gasteiger partial charge in [-0.15, -0.1) is 0 Å². The van der Waals surface area contributed by atoms with Gasteiger partial charge in [-0.05, 0) is 56.5 Å². The number of rotatable bonds is 2. The Bertz CT molecular complexity index is 882. The Balaban J connectivity index is 1.67. The van der Waals surface area contributed by atoms with Gasteiger partial charge in [0.05, 0.1) is 5.56 Å². The number of fused-ring (bicyclic) bond motifs is 1. The van der Waals surface area contributed by atoms with E-state index in [1.54, 1.807) is 0 Å². The maximum atomic E-state index is 9.64. The molecule has 3 heterocycles. The van der Waals surface area contributed by atoms with Crippen molar-refractivity contribution in [2.75, 3.05) is 31.6 Å². The van der Waals surface area contributed by atoms with Gasteiger partial charge in [0.15, 0.2) is 0 Å². The zero-order valence-corrected chi connectivity index (χ0v) is 16.0. The van der Waals surface area contributed by atoms with E-state index in [2.05, 4.69) is 54.1 Å². The van der Waals surface area contributed by atoms with Gasteiger partial charge in [0.1, 0.15) is 11.9 Å². The number of hydrogen-bond acceptors (Lipinski definition) is 4. The van der Waals surface area contributed by atoms with Crippen molar-refractivity contribution in [2.24, 2.45) is 11.8 Å². The van der Waals surface area contributed by atoms with Crippen LogP contribution in [0.5, 0.6) is 0 Å². The zero-order valence-electron chi connectivity index (χ0n) is 16.0. The molecule has 4 nitrogen and oxygen atoms in total. The second-order valence-electron chi connectivity index (χ2n) is 7.96. The van der Waals surface area contributed by atoms with Gasteiger partial charge in [0.25, 0.3) is 0 Å². The number of hydrogen-bond donors (Lipinski definition) is 0. The molecule has 0 spiro atoms. The minimum absolute atomic E-state index is 0.447. The first-order valence-corrected chi connectivity index (χ1v) is 9.38. The Kier molecular flexibility index (Phi) is 4.20. The van der Waals surface area contributed by atoms with E-state index in [0.717, 1.165) is 42.3 Å². The number of likely N-dealkylation sites (tertiary alicyclic amines) is 1. The summed E-state index contributed by atoms with van der Waals surface area (Å²) in [4.78, 5) is 9.60. The predicted octanol–water partition coefficient (Wildman–Crippen LogP) is 3.62.